The standard InChI is InChI=1S/C22H22Cl2N2O3/c23-16-10-17(24)12-18(11-16)25-20(27)19-13-22(19)6-8-26(9-7-22)21(28)29-14-15-4-2-1-3-5-15/h1-5,10-12,19H,6-9,13-14H2,(H,25,27). The van der Waals surface area contributed by atoms with E-state index in [1.807, 2.05) is 30.3 Å². The SMILES string of the molecule is O=C(Nc1cc(Cl)cc(Cl)c1)C1CC12CCN(C(=O)OCc1ccccc1)CC2. The number of nitrogens with one attached hydrogen (secondary N) is 1. The quantitative estimate of drug-likeness (QED) is 0.705. The first kappa shape index (κ1) is 20.0. The number of halogens is 2. The monoisotopic (exact) mass is 432 g/mol. The third-order valence-electron chi connectivity index (χ3n) is 5.86. The number of carbonyl (C=O) groups is 2. The van der Waals surface area contributed by atoms with Crippen LogP contribution in [-0.2, 0) is 16.1 Å². The number of carbonyl (C=O) groups excluding carboxylic acids is 2. The highest BCUT2D eigenvalue weighted by Crippen LogP contribution is 2.59. The normalized spacial score (nSPS) is 19.7. The van der Waals surface area contributed by atoms with Gasteiger partial charge < -0.3 is 15.0 Å². The van der Waals surface area contributed by atoms with Crippen LogP contribution in [0.15, 0.2) is 48.5 Å². The van der Waals surface area contributed by atoms with E-state index in [0.717, 1.165) is 24.8 Å². The summed E-state index contributed by atoms with van der Waals surface area (Å²) in [5.74, 6) is -0.0498. The fourth-order valence-electron chi connectivity index (χ4n) is 4.07. The maximum atomic E-state index is 12.6. The number of hydrogen-bond acceptors (Lipinski definition) is 3. The smallest absolute Gasteiger partial charge is 0.410 e. The van der Waals surface area contributed by atoms with Crippen LogP contribution in [0.1, 0.15) is 24.8 Å². The molecule has 1 aliphatic heterocycles. The number of anilines is 1. The molecule has 29 heavy (non-hydrogen) atoms. The van der Waals surface area contributed by atoms with Gasteiger partial charge in [-0.2, -0.15) is 0 Å². The summed E-state index contributed by atoms with van der Waals surface area (Å²) in [6.07, 6.45) is 2.17. The van der Waals surface area contributed by atoms with Crippen LogP contribution in [0.2, 0.25) is 10.0 Å². The number of likely N-dealkylation sites (tertiary alicyclic amines) is 1. The molecule has 1 spiro atoms. The van der Waals surface area contributed by atoms with Crippen molar-refractivity contribution in [3.05, 3.63) is 64.1 Å². The molecule has 1 saturated carbocycles. The summed E-state index contributed by atoms with van der Waals surface area (Å²) in [5.41, 5.74) is 1.56. The predicted octanol–water partition coefficient (Wildman–Crippen LogP) is 5.37. The number of benzene rings is 2. The Morgan fingerprint density at radius 1 is 1.07 bits per heavy atom. The highest BCUT2D eigenvalue weighted by molar-refractivity contribution is 6.35. The minimum atomic E-state index is -0.293. The Morgan fingerprint density at radius 3 is 2.38 bits per heavy atom. The lowest BCUT2D eigenvalue weighted by molar-refractivity contribution is -0.118. The van der Waals surface area contributed by atoms with Crippen LogP contribution in [0.5, 0.6) is 0 Å². The van der Waals surface area contributed by atoms with E-state index in [-0.39, 0.29) is 29.9 Å². The van der Waals surface area contributed by atoms with E-state index in [4.69, 9.17) is 27.9 Å². The highest BCUT2D eigenvalue weighted by atomic mass is 35.5. The molecule has 0 bridgehead atoms. The summed E-state index contributed by atoms with van der Waals surface area (Å²) < 4.78 is 5.41. The van der Waals surface area contributed by atoms with Crippen molar-refractivity contribution in [2.24, 2.45) is 11.3 Å². The first-order valence-electron chi connectivity index (χ1n) is 9.68. The third kappa shape index (κ3) is 4.68. The molecule has 2 amide bonds. The number of hydrogen-bond donors (Lipinski definition) is 1. The molecular weight excluding hydrogens is 411 g/mol. The van der Waals surface area contributed by atoms with Gasteiger partial charge in [-0.05, 0) is 48.4 Å². The summed E-state index contributed by atoms with van der Waals surface area (Å²) in [6.45, 7) is 1.50. The molecule has 152 valence electrons. The van der Waals surface area contributed by atoms with Crippen LogP contribution in [-0.4, -0.2) is 30.0 Å². The Kier molecular flexibility index (Phi) is 5.70. The molecule has 1 saturated heterocycles. The van der Waals surface area contributed by atoms with Gasteiger partial charge in [0.1, 0.15) is 6.61 Å². The first-order chi connectivity index (χ1) is 13.9. The Morgan fingerprint density at radius 2 is 1.72 bits per heavy atom. The van der Waals surface area contributed by atoms with Gasteiger partial charge in [-0.1, -0.05) is 53.5 Å². The summed E-state index contributed by atoms with van der Waals surface area (Å²) in [4.78, 5) is 26.7. The van der Waals surface area contributed by atoms with Crippen LogP contribution in [0.4, 0.5) is 10.5 Å². The van der Waals surface area contributed by atoms with E-state index in [0.29, 0.717) is 28.8 Å². The van der Waals surface area contributed by atoms with Crippen molar-refractivity contribution in [2.75, 3.05) is 18.4 Å². The van der Waals surface area contributed by atoms with Gasteiger partial charge in [0.25, 0.3) is 0 Å². The average Bonchev–Trinajstić information content (AvgIpc) is 3.40. The number of rotatable bonds is 4. The van der Waals surface area contributed by atoms with Crippen molar-refractivity contribution in [1.82, 2.24) is 4.90 Å². The van der Waals surface area contributed by atoms with E-state index < -0.39 is 0 Å². The summed E-state index contributed by atoms with van der Waals surface area (Å²) >= 11 is 12.0. The number of nitrogens with zero attached hydrogens (tertiary/aromatic N) is 1. The van der Waals surface area contributed by atoms with Crippen molar-refractivity contribution in [1.29, 1.82) is 0 Å². The fourth-order valence-corrected chi connectivity index (χ4v) is 4.60. The molecule has 1 atom stereocenters. The molecule has 4 rings (SSSR count). The van der Waals surface area contributed by atoms with Crippen LogP contribution in [0.3, 0.4) is 0 Å². The fraction of sp³-hybridized carbons (Fsp3) is 0.364. The van der Waals surface area contributed by atoms with Gasteiger partial charge in [0.05, 0.1) is 0 Å². The van der Waals surface area contributed by atoms with Crippen molar-refractivity contribution >= 4 is 40.9 Å². The molecule has 0 radical (unpaired) electrons. The van der Waals surface area contributed by atoms with E-state index in [9.17, 15) is 9.59 Å². The molecule has 1 heterocycles. The molecule has 1 aliphatic carbocycles. The molecule has 2 aromatic carbocycles. The van der Waals surface area contributed by atoms with Gasteiger partial charge in [-0.25, -0.2) is 4.79 Å². The zero-order valence-electron chi connectivity index (χ0n) is 15.9. The molecule has 2 aromatic rings. The van der Waals surface area contributed by atoms with Gasteiger partial charge >= 0.3 is 6.09 Å². The van der Waals surface area contributed by atoms with Crippen molar-refractivity contribution in [3.63, 3.8) is 0 Å². The second-order valence-electron chi connectivity index (χ2n) is 7.79. The van der Waals surface area contributed by atoms with E-state index in [1.165, 1.54) is 0 Å². The largest absolute Gasteiger partial charge is 0.445 e. The Hall–Kier alpha value is -2.24. The molecule has 7 heteroatoms. The maximum absolute atomic E-state index is 12.6. The molecule has 2 fully saturated rings. The predicted molar refractivity (Wildman–Crippen MR) is 113 cm³/mol. The lowest BCUT2D eigenvalue weighted by Gasteiger charge is -2.32. The number of piperidine rings is 1. The van der Waals surface area contributed by atoms with Crippen LogP contribution >= 0.6 is 23.2 Å². The molecular formula is C22H22Cl2N2O3. The minimum absolute atomic E-state index is 0.0107. The lowest BCUT2D eigenvalue weighted by atomic mass is 9.91. The van der Waals surface area contributed by atoms with Crippen molar-refractivity contribution in [2.45, 2.75) is 25.9 Å². The van der Waals surface area contributed by atoms with Gasteiger partial charge in [0.2, 0.25) is 5.91 Å². The second kappa shape index (κ2) is 8.25. The van der Waals surface area contributed by atoms with E-state index in [1.54, 1.807) is 23.1 Å². The van der Waals surface area contributed by atoms with Gasteiger partial charge in [0, 0.05) is 34.7 Å². The molecule has 0 aromatic heterocycles. The zero-order chi connectivity index (χ0) is 20.4. The Bertz CT molecular complexity index is 891. The number of amides is 2. The maximum Gasteiger partial charge on any atom is 0.410 e. The van der Waals surface area contributed by atoms with Gasteiger partial charge in [0.15, 0.2) is 0 Å². The van der Waals surface area contributed by atoms with E-state index >= 15 is 0 Å². The van der Waals surface area contributed by atoms with E-state index in [2.05, 4.69) is 5.32 Å². The first-order valence-corrected chi connectivity index (χ1v) is 10.4. The van der Waals surface area contributed by atoms with Crippen LogP contribution in [0, 0.1) is 11.3 Å². The Labute approximate surface area is 179 Å². The molecule has 2 aliphatic rings. The Balaban J connectivity index is 1.26. The second-order valence-corrected chi connectivity index (χ2v) is 8.67. The number of ether oxygens (including phenoxy) is 1. The minimum Gasteiger partial charge on any atom is -0.445 e. The summed E-state index contributed by atoms with van der Waals surface area (Å²) in [5, 5.41) is 3.89. The van der Waals surface area contributed by atoms with Gasteiger partial charge in [-0.3, -0.25) is 4.79 Å². The van der Waals surface area contributed by atoms with Crippen molar-refractivity contribution < 1.29 is 14.3 Å². The van der Waals surface area contributed by atoms with Crippen LogP contribution in [0.25, 0.3) is 0 Å². The third-order valence-corrected chi connectivity index (χ3v) is 6.30. The topological polar surface area (TPSA) is 58.6 Å². The van der Waals surface area contributed by atoms with Gasteiger partial charge in [-0.15, -0.1) is 0 Å². The molecule has 1 unspecified atom stereocenters. The highest BCUT2D eigenvalue weighted by Gasteiger charge is 2.58. The summed E-state index contributed by atoms with van der Waals surface area (Å²) in [6, 6.07) is 14.6. The van der Waals surface area contributed by atoms with Crippen molar-refractivity contribution in [3.8, 4) is 0 Å². The van der Waals surface area contributed by atoms with Crippen LogP contribution < -0.4 is 5.32 Å². The zero-order valence-corrected chi connectivity index (χ0v) is 17.4. The average molecular weight is 433 g/mol. The molecule has 1 N–H and O–H groups in total. The molecule has 5 nitrogen and oxygen atoms in total. The lowest BCUT2D eigenvalue weighted by Crippen LogP contribution is -2.40. The summed E-state index contributed by atoms with van der Waals surface area (Å²) in [7, 11) is 0.